The lowest BCUT2D eigenvalue weighted by atomic mass is 10.2. The van der Waals surface area contributed by atoms with Crippen molar-refractivity contribution in [3.63, 3.8) is 0 Å². The first kappa shape index (κ1) is 19.4. The monoisotopic (exact) mass is 397 g/mol. The summed E-state index contributed by atoms with van der Waals surface area (Å²) in [6.45, 7) is 4.58. The predicted molar refractivity (Wildman–Crippen MR) is 110 cm³/mol. The zero-order chi connectivity index (χ0) is 20.1. The van der Waals surface area contributed by atoms with Crippen LogP contribution in [-0.4, -0.2) is 68.3 Å². The smallest absolute Gasteiger partial charge is 0.317 e. The first-order valence-corrected chi connectivity index (χ1v) is 9.99. The molecule has 154 valence electrons. The fourth-order valence-corrected chi connectivity index (χ4v) is 3.35. The van der Waals surface area contributed by atoms with Crippen molar-refractivity contribution in [2.75, 3.05) is 46.4 Å². The Morgan fingerprint density at radius 1 is 1.10 bits per heavy atom. The van der Waals surface area contributed by atoms with Crippen LogP contribution in [0.3, 0.4) is 0 Å². The minimum Gasteiger partial charge on any atom is -0.489 e. The molecule has 2 aromatic carbocycles. The van der Waals surface area contributed by atoms with Gasteiger partial charge in [0.15, 0.2) is 17.6 Å². The van der Waals surface area contributed by atoms with E-state index in [1.54, 1.807) is 0 Å². The summed E-state index contributed by atoms with van der Waals surface area (Å²) in [7, 11) is 2.07. The fourth-order valence-electron chi connectivity index (χ4n) is 3.35. The first-order chi connectivity index (χ1) is 14.2. The van der Waals surface area contributed by atoms with E-state index in [0.717, 1.165) is 37.5 Å². The van der Waals surface area contributed by atoms with E-state index >= 15 is 0 Å². The van der Waals surface area contributed by atoms with E-state index in [4.69, 9.17) is 14.2 Å². The van der Waals surface area contributed by atoms with E-state index < -0.39 is 0 Å². The number of hydrogen-bond donors (Lipinski definition) is 1. The largest absolute Gasteiger partial charge is 0.489 e. The number of rotatable bonds is 5. The molecule has 2 aliphatic heterocycles. The van der Waals surface area contributed by atoms with Gasteiger partial charge in [-0.2, -0.15) is 0 Å². The summed E-state index contributed by atoms with van der Waals surface area (Å²) >= 11 is 0. The number of fused-ring (bicyclic) bond motifs is 1. The molecule has 2 heterocycles. The molecule has 1 fully saturated rings. The lowest BCUT2D eigenvalue weighted by molar-refractivity contribution is 0.0880. The number of nitrogens with zero attached hydrogens (tertiary/aromatic N) is 2. The van der Waals surface area contributed by atoms with Crippen molar-refractivity contribution in [1.29, 1.82) is 0 Å². The summed E-state index contributed by atoms with van der Waals surface area (Å²) < 4.78 is 17.7. The molecule has 4 rings (SSSR count). The third-order valence-electron chi connectivity index (χ3n) is 5.15. The highest BCUT2D eigenvalue weighted by Crippen LogP contribution is 2.35. The molecule has 1 N–H and O–H groups in total. The van der Waals surface area contributed by atoms with Gasteiger partial charge in [-0.1, -0.05) is 30.3 Å². The van der Waals surface area contributed by atoms with Crippen molar-refractivity contribution in [2.24, 2.45) is 0 Å². The molecule has 2 amide bonds. The SMILES string of the molecule is CN1CCN(C(=O)NCC2COc3ccc(OCc4ccccc4)cc3O2)CC1. The van der Waals surface area contributed by atoms with Gasteiger partial charge in [0, 0.05) is 32.2 Å². The molecule has 0 aliphatic carbocycles. The summed E-state index contributed by atoms with van der Waals surface area (Å²) in [4.78, 5) is 16.4. The third-order valence-corrected chi connectivity index (χ3v) is 5.15. The van der Waals surface area contributed by atoms with Crippen molar-refractivity contribution >= 4 is 6.03 Å². The Hall–Kier alpha value is -2.93. The van der Waals surface area contributed by atoms with Gasteiger partial charge in [0.1, 0.15) is 19.0 Å². The molecule has 0 radical (unpaired) electrons. The topological polar surface area (TPSA) is 63.3 Å². The van der Waals surface area contributed by atoms with Gasteiger partial charge in [0.25, 0.3) is 0 Å². The highest BCUT2D eigenvalue weighted by atomic mass is 16.6. The molecule has 7 nitrogen and oxygen atoms in total. The molecule has 7 heteroatoms. The average Bonchev–Trinajstić information content (AvgIpc) is 2.77. The summed E-state index contributed by atoms with van der Waals surface area (Å²) in [5, 5.41) is 2.96. The van der Waals surface area contributed by atoms with Gasteiger partial charge in [-0.15, -0.1) is 0 Å². The third kappa shape index (κ3) is 5.12. The van der Waals surface area contributed by atoms with Gasteiger partial charge in [-0.25, -0.2) is 4.79 Å². The number of nitrogens with one attached hydrogen (secondary N) is 1. The first-order valence-electron chi connectivity index (χ1n) is 9.99. The zero-order valence-electron chi connectivity index (χ0n) is 16.7. The van der Waals surface area contributed by atoms with E-state index in [2.05, 4.69) is 17.3 Å². The van der Waals surface area contributed by atoms with E-state index in [0.29, 0.717) is 31.3 Å². The molecule has 0 aromatic heterocycles. The number of piperazine rings is 1. The van der Waals surface area contributed by atoms with Crippen molar-refractivity contribution in [1.82, 2.24) is 15.1 Å². The van der Waals surface area contributed by atoms with Gasteiger partial charge in [0.2, 0.25) is 0 Å². The van der Waals surface area contributed by atoms with Crippen molar-refractivity contribution in [2.45, 2.75) is 12.7 Å². The minimum atomic E-state index is -0.233. The molecule has 2 aromatic rings. The lowest BCUT2D eigenvalue weighted by Gasteiger charge is -2.33. The van der Waals surface area contributed by atoms with Gasteiger partial charge >= 0.3 is 6.03 Å². The maximum absolute atomic E-state index is 12.3. The fraction of sp³-hybridized carbons (Fsp3) is 0.409. The van der Waals surface area contributed by atoms with Gasteiger partial charge in [0.05, 0.1) is 6.54 Å². The molecule has 1 unspecified atom stereocenters. The van der Waals surface area contributed by atoms with Crippen molar-refractivity contribution in [3.8, 4) is 17.2 Å². The van der Waals surface area contributed by atoms with Crippen LogP contribution in [0.1, 0.15) is 5.56 Å². The van der Waals surface area contributed by atoms with E-state index in [1.165, 1.54) is 0 Å². The van der Waals surface area contributed by atoms with Gasteiger partial charge in [-0.3, -0.25) is 0 Å². The van der Waals surface area contributed by atoms with E-state index in [1.807, 2.05) is 53.4 Å². The number of carbonyl (C=O) groups is 1. The molecular weight excluding hydrogens is 370 g/mol. The maximum atomic E-state index is 12.3. The number of ether oxygens (including phenoxy) is 3. The van der Waals surface area contributed by atoms with Gasteiger partial charge < -0.3 is 29.3 Å². The number of hydrogen-bond acceptors (Lipinski definition) is 5. The molecule has 1 saturated heterocycles. The van der Waals surface area contributed by atoms with Crippen LogP contribution in [-0.2, 0) is 6.61 Å². The predicted octanol–water partition coefficient (Wildman–Crippen LogP) is 2.36. The van der Waals surface area contributed by atoms with E-state index in [-0.39, 0.29) is 12.1 Å². The molecule has 29 heavy (non-hydrogen) atoms. The van der Waals surface area contributed by atoms with E-state index in [9.17, 15) is 4.79 Å². The number of carbonyl (C=O) groups excluding carboxylic acids is 1. The normalized spacial score (nSPS) is 18.9. The second kappa shape index (κ2) is 9.05. The summed E-state index contributed by atoms with van der Waals surface area (Å²) in [6, 6.07) is 15.5. The number of urea groups is 1. The molecular formula is C22H27N3O4. The minimum absolute atomic E-state index is 0.0487. The highest BCUT2D eigenvalue weighted by Gasteiger charge is 2.24. The molecule has 1 atom stereocenters. The molecule has 0 saturated carbocycles. The summed E-state index contributed by atoms with van der Waals surface area (Å²) in [6.07, 6.45) is -0.233. The number of benzene rings is 2. The van der Waals surface area contributed by atoms with Gasteiger partial charge in [-0.05, 0) is 24.7 Å². The second-order valence-electron chi connectivity index (χ2n) is 7.41. The van der Waals surface area contributed by atoms with Crippen molar-refractivity contribution < 1.29 is 19.0 Å². The highest BCUT2D eigenvalue weighted by molar-refractivity contribution is 5.74. The number of likely N-dealkylation sites (N-methyl/N-ethyl adjacent to an activating group) is 1. The lowest BCUT2D eigenvalue weighted by Crippen LogP contribution is -2.52. The van der Waals surface area contributed by atoms with Crippen LogP contribution in [0.2, 0.25) is 0 Å². The summed E-state index contributed by atoms with van der Waals surface area (Å²) in [5.74, 6) is 2.05. The Morgan fingerprint density at radius 2 is 1.90 bits per heavy atom. The Balaban J connectivity index is 1.28. The average molecular weight is 397 g/mol. The Morgan fingerprint density at radius 3 is 2.69 bits per heavy atom. The van der Waals surface area contributed by atoms with Crippen molar-refractivity contribution in [3.05, 3.63) is 54.1 Å². The van der Waals surface area contributed by atoms with Crippen LogP contribution in [0, 0.1) is 0 Å². The Bertz CT molecular complexity index is 822. The van der Waals surface area contributed by atoms with Crippen LogP contribution in [0.4, 0.5) is 4.79 Å². The molecule has 0 bridgehead atoms. The Kier molecular flexibility index (Phi) is 6.05. The van der Waals surface area contributed by atoms with Crippen LogP contribution < -0.4 is 19.5 Å². The van der Waals surface area contributed by atoms with Crippen LogP contribution in [0.5, 0.6) is 17.2 Å². The maximum Gasteiger partial charge on any atom is 0.317 e. The molecule has 2 aliphatic rings. The zero-order valence-corrected chi connectivity index (χ0v) is 16.7. The Labute approximate surface area is 171 Å². The van der Waals surface area contributed by atoms with Crippen LogP contribution in [0.15, 0.2) is 48.5 Å². The summed E-state index contributed by atoms with van der Waals surface area (Å²) in [5.41, 5.74) is 1.10. The standard InChI is InChI=1S/C22H27N3O4/c1-24-9-11-25(12-10-24)22(26)23-14-19-16-28-20-8-7-18(13-21(20)29-19)27-15-17-5-3-2-4-6-17/h2-8,13,19H,9-12,14-16H2,1H3,(H,23,26). The van der Waals surface area contributed by atoms with Crippen LogP contribution >= 0.6 is 0 Å². The quantitative estimate of drug-likeness (QED) is 0.839. The second-order valence-corrected chi connectivity index (χ2v) is 7.41. The molecule has 0 spiro atoms. The van der Waals surface area contributed by atoms with Crippen LogP contribution in [0.25, 0.3) is 0 Å². The number of amides is 2.